The molecule has 1 unspecified atom stereocenters. The molecule has 0 amide bonds. The zero-order valence-electron chi connectivity index (χ0n) is 16.3. The molecule has 0 saturated carbocycles. The van der Waals surface area contributed by atoms with Crippen LogP contribution in [0.3, 0.4) is 0 Å². The standard InChI is InChI=1S/C24H24BrNO3/c1-2-22(24(27)28)18-8-11-21(12-9-18)26-15-19-14-20(25)10-13-23(19)29-16-17-6-4-3-5-7-17/h3-14,22,26H,2,15-16H2,1H3,(H,27,28). The summed E-state index contributed by atoms with van der Waals surface area (Å²) in [4.78, 5) is 11.3. The summed E-state index contributed by atoms with van der Waals surface area (Å²) in [6.45, 7) is 2.99. The fraction of sp³-hybridized carbons (Fsp3) is 0.208. The van der Waals surface area contributed by atoms with E-state index in [-0.39, 0.29) is 0 Å². The Morgan fingerprint density at radius 3 is 2.45 bits per heavy atom. The minimum atomic E-state index is -0.789. The van der Waals surface area contributed by atoms with Crippen molar-refractivity contribution in [3.05, 3.63) is 94.0 Å². The second kappa shape index (κ2) is 10.1. The smallest absolute Gasteiger partial charge is 0.310 e. The van der Waals surface area contributed by atoms with Crippen LogP contribution in [0.25, 0.3) is 0 Å². The van der Waals surface area contributed by atoms with Crippen LogP contribution in [-0.2, 0) is 17.9 Å². The Labute approximate surface area is 179 Å². The molecule has 0 heterocycles. The molecule has 0 bridgehead atoms. The summed E-state index contributed by atoms with van der Waals surface area (Å²) in [6.07, 6.45) is 0.572. The van der Waals surface area contributed by atoms with Crippen LogP contribution in [-0.4, -0.2) is 11.1 Å². The van der Waals surface area contributed by atoms with Crippen molar-refractivity contribution < 1.29 is 14.6 Å². The molecule has 0 saturated heterocycles. The summed E-state index contributed by atoms with van der Waals surface area (Å²) in [7, 11) is 0. The summed E-state index contributed by atoms with van der Waals surface area (Å²) in [5.74, 6) is -0.423. The van der Waals surface area contributed by atoms with Gasteiger partial charge in [-0.3, -0.25) is 4.79 Å². The van der Waals surface area contributed by atoms with Gasteiger partial charge in [0.1, 0.15) is 12.4 Å². The SMILES string of the molecule is CCC(C(=O)O)c1ccc(NCc2cc(Br)ccc2OCc2ccccc2)cc1. The summed E-state index contributed by atoms with van der Waals surface area (Å²) in [5, 5.41) is 12.7. The van der Waals surface area contributed by atoms with E-state index in [0.717, 1.165) is 32.6 Å². The Hall–Kier alpha value is -2.79. The molecule has 5 heteroatoms. The van der Waals surface area contributed by atoms with Crippen molar-refractivity contribution in [3.63, 3.8) is 0 Å². The van der Waals surface area contributed by atoms with Gasteiger partial charge in [0.25, 0.3) is 0 Å². The van der Waals surface area contributed by atoms with Crippen molar-refractivity contribution in [1.29, 1.82) is 0 Å². The number of carboxylic acid groups (broad SMARTS) is 1. The molecule has 0 fully saturated rings. The van der Waals surface area contributed by atoms with Gasteiger partial charge in [0.2, 0.25) is 0 Å². The number of carboxylic acids is 1. The minimum Gasteiger partial charge on any atom is -0.489 e. The molecular formula is C24H24BrNO3. The molecule has 0 aliphatic rings. The normalized spacial score (nSPS) is 11.7. The van der Waals surface area contributed by atoms with Gasteiger partial charge in [-0.1, -0.05) is 65.3 Å². The van der Waals surface area contributed by atoms with E-state index in [1.165, 1.54) is 0 Å². The third-order valence-corrected chi connectivity index (χ3v) is 5.26. The number of benzene rings is 3. The van der Waals surface area contributed by atoms with E-state index in [0.29, 0.717) is 19.6 Å². The molecule has 0 aliphatic heterocycles. The summed E-state index contributed by atoms with van der Waals surface area (Å²) >= 11 is 3.53. The van der Waals surface area contributed by atoms with Crippen molar-refractivity contribution in [2.75, 3.05) is 5.32 Å². The molecule has 3 rings (SSSR count). The van der Waals surface area contributed by atoms with Crippen molar-refractivity contribution in [3.8, 4) is 5.75 Å². The first-order chi connectivity index (χ1) is 14.1. The lowest BCUT2D eigenvalue weighted by atomic mass is 9.96. The Morgan fingerprint density at radius 1 is 1.07 bits per heavy atom. The molecule has 29 heavy (non-hydrogen) atoms. The van der Waals surface area contributed by atoms with Gasteiger partial charge in [-0.05, 0) is 47.9 Å². The van der Waals surface area contributed by atoms with Crippen LogP contribution in [0.2, 0.25) is 0 Å². The van der Waals surface area contributed by atoms with Crippen molar-refractivity contribution in [2.24, 2.45) is 0 Å². The molecule has 2 N–H and O–H groups in total. The highest BCUT2D eigenvalue weighted by atomic mass is 79.9. The Bertz CT molecular complexity index is 942. The van der Waals surface area contributed by atoms with Gasteiger partial charge < -0.3 is 15.2 Å². The molecule has 0 radical (unpaired) electrons. The molecule has 1 atom stereocenters. The number of hydrogen-bond acceptors (Lipinski definition) is 3. The average Bonchev–Trinajstić information content (AvgIpc) is 2.73. The average molecular weight is 454 g/mol. The van der Waals surface area contributed by atoms with Gasteiger partial charge in [-0.2, -0.15) is 0 Å². The van der Waals surface area contributed by atoms with Gasteiger partial charge in [0.15, 0.2) is 0 Å². The zero-order valence-corrected chi connectivity index (χ0v) is 17.9. The third-order valence-electron chi connectivity index (χ3n) is 4.76. The Kier molecular flexibility index (Phi) is 7.30. The first-order valence-electron chi connectivity index (χ1n) is 9.58. The van der Waals surface area contributed by atoms with Crippen LogP contribution >= 0.6 is 15.9 Å². The number of nitrogens with one attached hydrogen (secondary N) is 1. The quantitative estimate of drug-likeness (QED) is 0.403. The van der Waals surface area contributed by atoms with Crippen LogP contribution in [0.4, 0.5) is 5.69 Å². The maximum absolute atomic E-state index is 11.3. The first kappa shape index (κ1) is 20.9. The molecule has 0 aromatic heterocycles. The molecule has 4 nitrogen and oxygen atoms in total. The van der Waals surface area contributed by atoms with Crippen molar-refractivity contribution in [2.45, 2.75) is 32.4 Å². The van der Waals surface area contributed by atoms with E-state index in [1.54, 1.807) is 0 Å². The predicted octanol–water partition coefficient (Wildman–Crippen LogP) is 6.22. The van der Waals surface area contributed by atoms with Gasteiger partial charge in [0.05, 0.1) is 5.92 Å². The van der Waals surface area contributed by atoms with Gasteiger partial charge >= 0.3 is 5.97 Å². The number of carbonyl (C=O) groups is 1. The molecule has 0 aliphatic carbocycles. The van der Waals surface area contributed by atoms with Crippen LogP contribution in [0.15, 0.2) is 77.3 Å². The molecule has 150 valence electrons. The van der Waals surface area contributed by atoms with Crippen LogP contribution in [0.5, 0.6) is 5.75 Å². The lowest BCUT2D eigenvalue weighted by molar-refractivity contribution is -0.138. The van der Waals surface area contributed by atoms with Gasteiger partial charge in [-0.15, -0.1) is 0 Å². The number of anilines is 1. The maximum atomic E-state index is 11.3. The maximum Gasteiger partial charge on any atom is 0.310 e. The molecule has 3 aromatic carbocycles. The zero-order chi connectivity index (χ0) is 20.6. The summed E-state index contributed by atoms with van der Waals surface area (Å²) < 4.78 is 7.02. The van der Waals surface area contributed by atoms with E-state index >= 15 is 0 Å². The summed E-state index contributed by atoms with van der Waals surface area (Å²) in [5.41, 5.74) is 3.91. The highest BCUT2D eigenvalue weighted by Gasteiger charge is 2.17. The number of aliphatic carboxylic acids is 1. The van der Waals surface area contributed by atoms with Crippen LogP contribution in [0.1, 0.15) is 36.0 Å². The lowest BCUT2D eigenvalue weighted by Gasteiger charge is -2.15. The van der Waals surface area contributed by atoms with Crippen LogP contribution < -0.4 is 10.1 Å². The first-order valence-corrected chi connectivity index (χ1v) is 10.4. The number of ether oxygens (including phenoxy) is 1. The van der Waals surface area contributed by atoms with E-state index in [9.17, 15) is 9.90 Å². The lowest BCUT2D eigenvalue weighted by Crippen LogP contribution is -2.10. The number of hydrogen-bond donors (Lipinski definition) is 2. The summed E-state index contributed by atoms with van der Waals surface area (Å²) in [6, 6.07) is 23.6. The second-order valence-electron chi connectivity index (χ2n) is 6.80. The third kappa shape index (κ3) is 5.84. The highest BCUT2D eigenvalue weighted by molar-refractivity contribution is 9.10. The van der Waals surface area contributed by atoms with E-state index in [2.05, 4.69) is 21.2 Å². The highest BCUT2D eigenvalue weighted by Crippen LogP contribution is 2.26. The van der Waals surface area contributed by atoms with Gasteiger partial charge in [0, 0.05) is 22.3 Å². The Morgan fingerprint density at radius 2 is 1.79 bits per heavy atom. The number of halogens is 1. The molecule has 3 aromatic rings. The van der Waals surface area contributed by atoms with E-state index in [4.69, 9.17) is 4.74 Å². The second-order valence-corrected chi connectivity index (χ2v) is 7.72. The Balaban J connectivity index is 1.67. The largest absolute Gasteiger partial charge is 0.489 e. The fourth-order valence-corrected chi connectivity index (χ4v) is 3.55. The van der Waals surface area contributed by atoms with Gasteiger partial charge in [-0.25, -0.2) is 0 Å². The monoisotopic (exact) mass is 453 g/mol. The predicted molar refractivity (Wildman–Crippen MR) is 119 cm³/mol. The number of rotatable bonds is 9. The van der Waals surface area contributed by atoms with Crippen LogP contribution in [0, 0.1) is 0 Å². The molecular weight excluding hydrogens is 430 g/mol. The topological polar surface area (TPSA) is 58.6 Å². The fourth-order valence-electron chi connectivity index (χ4n) is 3.15. The van der Waals surface area contributed by atoms with E-state index < -0.39 is 11.9 Å². The molecule has 0 spiro atoms. The van der Waals surface area contributed by atoms with E-state index in [1.807, 2.05) is 79.7 Å². The van der Waals surface area contributed by atoms with Crippen molar-refractivity contribution >= 4 is 27.6 Å². The van der Waals surface area contributed by atoms with Crippen molar-refractivity contribution in [1.82, 2.24) is 0 Å². The minimum absolute atomic E-state index is 0.466.